The standard InChI is InChI=1S/C14H20N2O4S.ClH/c17-14(13-11-15-8-9-20-13)16-7-4-10-21(18,19)12-5-2-1-3-6-12;/h1-3,5-6,13,15H,4,7-11H2,(H,16,17);1H. The number of hydrogen-bond acceptors (Lipinski definition) is 5. The van der Waals surface area contributed by atoms with E-state index in [-0.39, 0.29) is 24.1 Å². The summed E-state index contributed by atoms with van der Waals surface area (Å²) >= 11 is 0. The fourth-order valence-corrected chi connectivity index (χ4v) is 3.40. The molecule has 1 unspecified atom stereocenters. The van der Waals surface area contributed by atoms with Crippen LogP contribution in [0.2, 0.25) is 0 Å². The van der Waals surface area contributed by atoms with Crippen molar-refractivity contribution >= 4 is 28.2 Å². The first-order valence-electron chi connectivity index (χ1n) is 6.97. The molecule has 2 N–H and O–H groups in total. The van der Waals surface area contributed by atoms with Crippen LogP contribution in [-0.2, 0) is 19.4 Å². The zero-order chi connectivity index (χ0) is 15.1. The summed E-state index contributed by atoms with van der Waals surface area (Å²) in [5, 5.41) is 5.78. The summed E-state index contributed by atoms with van der Waals surface area (Å²) in [5.41, 5.74) is 0. The number of ether oxygens (including phenoxy) is 1. The first kappa shape index (κ1) is 18.9. The molecule has 1 aliphatic rings. The lowest BCUT2D eigenvalue weighted by molar-refractivity contribution is -0.134. The molecule has 0 radical (unpaired) electrons. The second kappa shape index (κ2) is 9.09. The van der Waals surface area contributed by atoms with Gasteiger partial charge in [0.1, 0.15) is 6.10 Å². The first-order chi connectivity index (χ1) is 10.1. The minimum Gasteiger partial charge on any atom is -0.366 e. The van der Waals surface area contributed by atoms with E-state index in [0.717, 1.165) is 6.54 Å². The van der Waals surface area contributed by atoms with Crippen LogP contribution in [0, 0.1) is 0 Å². The molecule has 0 bridgehead atoms. The summed E-state index contributed by atoms with van der Waals surface area (Å²) in [4.78, 5) is 12.1. The van der Waals surface area contributed by atoms with Crippen LogP contribution in [0.4, 0.5) is 0 Å². The maximum atomic E-state index is 12.0. The molecule has 6 nitrogen and oxygen atoms in total. The molecule has 2 rings (SSSR count). The van der Waals surface area contributed by atoms with Gasteiger partial charge in [-0.05, 0) is 18.6 Å². The van der Waals surface area contributed by atoms with E-state index >= 15 is 0 Å². The maximum absolute atomic E-state index is 12.0. The Morgan fingerprint density at radius 2 is 2.05 bits per heavy atom. The number of sulfone groups is 1. The molecule has 0 saturated carbocycles. The molecular formula is C14H21ClN2O4S. The Morgan fingerprint density at radius 3 is 2.68 bits per heavy atom. The van der Waals surface area contributed by atoms with Crippen LogP contribution in [0.1, 0.15) is 6.42 Å². The van der Waals surface area contributed by atoms with E-state index in [4.69, 9.17) is 4.74 Å². The van der Waals surface area contributed by atoms with Gasteiger partial charge in [-0.3, -0.25) is 4.79 Å². The van der Waals surface area contributed by atoms with Crippen molar-refractivity contribution in [2.75, 3.05) is 32.0 Å². The summed E-state index contributed by atoms with van der Waals surface area (Å²) in [5.74, 6) is -0.180. The van der Waals surface area contributed by atoms with Gasteiger partial charge in [-0.15, -0.1) is 12.4 Å². The van der Waals surface area contributed by atoms with Crippen LogP contribution in [-0.4, -0.2) is 52.4 Å². The summed E-state index contributed by atoms with van der Waals surface area (Å²) in [7, 11) is -3.28. The molecule has 0 aromatic heterocycles. The van der Waals surface area contributed by atoms with Crippen molar-refractivity contribution in [1.29, 1.82) is 0 Å². The quantitative estimate of drug-likeness (QED) is 0.726. The normalized spacial score (nSPS) is 18.3. The molecule has 22 heavy (non-hydrogen) atoms. The number of carbonyl (C=O) groups excluding carboxylic acids is 1. The number of nitrogens with one attached hydrogen (secondary N) is 2. The minimum atomic E-state index is -3.28. The predicted octanol–water partition coefficient (Wildman–Crippen LogP) is 0.377. The van der Waals surface area contributed by atoms with Crippen molar-refractivity contribution in [3.8, 4) is 0 Å². The maximum Gasteiger partial charge on any atom is 0.250 e. The van der Waals surface area contributed by atoms with Crippen molar-refractivity contribution in [2.24, 2.45) is 0 Å². The Kier molecular flexibility index (Phi) is 7.81. The van der Waals surface area contributed by atoms with Gasteiger partial charge in [-0.25, -0.2) is 8.42 Å². The Morgan fingerprint density at radius 1 is 1.32 bits per heavy atom. The zero-order valence-corrected chi connectivity index (χ0v) is 13.8. The number of morpholine rings is 1. The van der Waals surface area contributed by atoms with E-state index < -0.39 is 15.9 Å². The third-order valence-corrected chi connectivity index (χ3v) is 5.03. The number of rotatable bonds is 6. The Bertz CT molecular complexity index is 559. The van der Waals surface area contributed by atoms with E-state index in [9.17, 15) is 13.2 Å². The van der Waals surface area contributed by atoms with Crippen molar-refractivity contribution in [3.05, 3.63) is 30.3 Å². The van der Waals surface area contributed by atoms with E-state index in [2.05, 4.69) is 10.6 Å². The van der Waals surface area contributed by atoms with Crippen LogP contribution in [0.15, 0.2) is 35.2 Å². The molecule has 8 heteroatoms. The molecule has 1 aromatic carbocycles. The van der Waals surface area contributed by atoms with Crippen LogP contribution in [0.25, 0.3) is 0 Å². The summed E-state index contributed by atoms with van der Waals surface area (Å²) in [6, 6.07) is 8.33. The fourth-order valence-electron chi connectivity index (χ4n) is 2.07. The lowest BCUT2D eigenvalue weighted by atomic mass is 10.3. The van der Waals surface area contributed by atoms with E-state index in [0.29, 0.717) is 31.0 Å². The molecule has 124 valence electrons. The van der Waals surface area contributed by atoms with Crippen LogP contribution in [0.3, 0.4) is 0 Å². The average Bonchev–Trinajstić information content (AvgIpc) is 2.53. The van der Waals surface area contributed by atoms with Crippen LogP contribution >= 0.6 is 12.4 Å². The molecule has 1 fully saturated rings. The van der Waals surface area contributed by atoms with Gasteiger partial charge in [0.2, 0.25) is 5.91 Å². The summed E-state index contributed by atoms with van der Waals surface area (Å²) in [6.45, 7) is 2.08. The number of benzene rings is 1. The van der Waals surface area contributed by atoms with Gasteiger partial charge < -0.3 is 15.4 Å². The Labute approximate surface area is 136 Å². The zero-order valence-electron chi connectivity index (χ0n) is 12.2. The second-order valence-electron chi connectivity index (χ2n) is 4.84. The van der Waals surface area contributed by atoms with Gasteiger partial charge in [-0.2, -0.15) is 0 Å². The Hall–Kier alpha value is -1.15. The van der Waals surface area contributed by atoms with Crippen LogP contribution < -0.4 is 10.6 Å². The van der Waals surface area contributed by atoms with Crippen molar-refractivity contribution in [1.82, 2.24) is 10.6 Å². The van der Waals surface area contributed by atoms with Gasteiger partial charge in [0, 0.05) is 19.6 Å². The highest BCUT2D eigenvalue weighted by atomic mass is 35.5. The van der Waals surface area contributed by atoms with E-state index in [1.165, 1.54) is 0 Å². The van der Waals surface area contributed by atoms with Gasteiger partial charge in [-0.1, -0.05) is 18.2 Å². The SMILES string of the molecule is Cl.O=C(NCCCS(=O)(=O)c1ccccc1)C1CNCCO1. The predicted molar refractivity (Wildman–Crippen MR) is 86.0 cm³/mol. The highest BCUT2D eigenvalue weighted by Crippen LogP contribution is 2.10. The number of halogens is 1. The smallest absolute Gasteiger partial charge is 0.250 e. The molecule has 1 atom stereocenters. The molecule has 1 heterocycles. The van der Waals surface area contributed by atoms with Gasteiger partial charge in [0.15, 0.2) is 9.84 Å². The summed E-state index contributed by atoms with van der Waals surface area (Å²) < 4.78 is 29.4. The average molecular weight is 349 g/mol. The van der Waals surface area contributed by atoms with E-state index in [1.54, 1.807) is 30.3 Å². The third kappa shape index (κ3) is 5.57. The molecule has 1 amide bonds. The van der Waals surface area contributed by atoms with Crippen molar-refractivity contribution < 1.29 is 17.9 Å². The van der Waals surface area contributed by atoms with Gasteiger partial charge in [0.05, 0.1) is 17.3 Å². The fraction of sp³-hybridized carbons (Fsp3) is 0.500. The number of carbonyl (C=O) groups is 1. The van der Waals surface area contributed by atoms with Crippen molar-refractivity contribution in [3.63, 3.8) is 0 Å². The molecule has 0 aliphatic carbocycles. The first-order valence-corrected chi connectivity index (χ1v) is 8.63. The molecule has 1 aliphatic heterocycles. The number of hydrogen-bond donors (Lipinski definition) is 2. The van der Waals surface area contributed by atoms with Crippen molar-refractivity contribution in [2.45, 2.75) is 17.4 Å². The topological polar surface area (TPSA) is 84.5 Å². The summed E-state index contributed by atoms with van der Waals surface area (Å²) in [6.07, 6.45) is -0.104. The second-order valence-corrected chi connectivity index (χ2v) is 6.95. The minimum absolute atomic E-state index is 0. The highest BCUT2D eigenvalue weighted by Gasteiger charge is 2.21. The lowest BCUT2D eigenvalue weighted by Gasteiger charge is -2.22. The molecule has 1 saturated heterocycles. The van der Waals surface area contributed by atoms with E-state index in [1.807, 2.05) is 0 Å². The van der Waals surface area contributed by atoms with Crippen LogP contribution in [0.5, 0.6) is 0 Å². The largest absolute Gasteiger partial charge is 0.366 e. The highest BCUT2D eigenvalue weighted by molar-refractivity contribution is 7.91. The van der Waals surface area contributed by atoms with Gasteiger partial charge in [0.25, 0.3) is 0 Å². The number of amides is 1. The lowest BCUT2D eigenvalue weighted by Crippen LogP contribution is -2.48. The molecular weight excluding hydrogens is 328 g/mol. The third-order valence-electron chi connectivity index (χ3n) is 3.21. The monoisotopic (exact) mass is 348 g/mol. The Balaban J connectivity index is 0.00000242. The molecule has 0 spiro atoms. The molecule has 1 aromatic rings. The van der Waals surface area contributed by atoms with Gasteiger partial charge >= 0.3 is 0 Å².